The second-order valence-corrected chi connectivity index (χ2v) is 5.28. The van der Waals surface area contributed by atoms with Gasteiger partial charge in [-0.1, -0.05) is 6.07 Å². The van der Waals surface area contributed by atoms with Crippen molar-refractivity contribution in [2.75, 3.05) is 0 Å². The highest BCUT2D eigenvalue weighted by molar-refractivity contribution is 7.09. The van der Waals surface area contributed by atoms with Crippen LogP contribution in [0.4, 0.5) is 0 Å². The summed E-state index contributed by atoms with van der Waals surface area (Å²) < 4.78 is 0. The lowest BCUT2D eigenvalue weighted by Gasteiger charge is -2.02. The smallest absolute Gasteiger partial charge is 0.144 e. The Kier molecular flexibility index (Phi) is 2.62. The molecule has 2 heterocycles. The standard InChI is InChI=1S/C13H11N3S/c14-8-11-6-10(7-12-2-1-5-17-12)15-13(16-11)9-3-4-9/h1-2,5-6,9H,3-4,7H2. The fourth-order valence-corrected chi connectivity index (χ4v) is 2.50. The van der Waals surface area contributed by atoms with Crippen molar-refractivity contribution in [3.05, 3.63) is 45.7 Å². The third-order valence-electron chi connectivity index (χ3n) is 2.79. The SMILES string of the molecule is N#Cc1cc(Cc2cccs2)nc(C2CC2)n1. The molecule has 0 aromatic carbocycles. The van der Waals surface area contributed by atoms with Gasteiger partial charge in [0.05, 0.1) is 5.69 Å². The van der Waals surface area contributed by atoms with Gasteiger partial charge in [0.1, 0.15) is 17.6 Å². The van der Waals surface area contributed by atoms with Gasteiger partial charge >= 0.3 is 0 Å². The van der Waals surface area contributed by atoms with Crippen LogP contribution in [0.5, 0.6) is 0 Å². The van der Waals surface area contributed by atoms with Crippen molar-refractivity contribution in [2.45, 2.75) is 25.2 Å². The van der Waals surface area contributed by atoms with Crippen molar-refractivity contribution >= 4 is 11.3 Å². The molecule has 3 nitrogen and oxygen atoms in total. The minimum absolute atomic E-state index is 0.491. The van der Waals surface area contributed by atoms with Gasteiger partial charge in [-0.05, 0) is 30.4 Å². The van der Waals surface area contributed by atoms with Crippen LogP contribution in [-0.2, 0) is 6.42 Å². The summed E-state index contributed by atoms with van der Waals surface area (Å²) in [7, 11) is 0. The van der Waals surface area contributed by atoms with E-state index in [0.717, 1.165) is 30.8 Å². The topological polar surface area (TPSA) is 49.6 Å². The van der Waals surface area contributed by atoms with Gasteiger partial charge in [0.2, 0.25) is 0 Å². The van der Waals surface area contributed by atoms with Gasteiger partial charge in [-0.15, -0.1) is 11.3 Å². The van der Waals surface area contributed by atoms with Crippen LogP contribution in [0.3, 0.4) is 0 Å². The summed E-state index contributed by atoms with van der Waals surface area (Å²) >= 11 is 1.72. The quantitative estimate of drug-likeness (QED) is 0.830. The molecular weight excluding hydrogens is 230 g/mol. The molecule has 4 heteroatoms. The maximum Gasteiger partial charge on any atom is 0.144 e. The number of aromatic nitrogens is 2. The molecule has 1 aliphatic rings. The molecule has 0 N–H and O–H groups in total. The lowest BCUT2D eigenvalue weighted by molar-refractivity contribution is 0.882. The number of nitriles is 1. The van der Waals surface area contributed by atoms with Crippen LogP contribution in [0.15, 0.2) is 23.6 Å². The molecule has 0 amide bonds. The summed E-state index contributed by atoms with van der Waals surface area (Å²) in [4.78, 5) is 10.1. The molecular formula is C13H11N3S. The van der Waals surface area contributed by atoms with Crippen molar-refractivity contribution < 1.29 is 0 Å². The molecule has 1 aliphatic carbocycles. The monoisotopic (exact) mass is 241 g/mol. The van der Waals surface area contributed by atoms with Gasteiger partial charge in [-0.2, -0.15) is 5.26 Å². The van der Waals surface area contributed by atoms with Crippen LogP contribution < -0.4 is 0 Å². The highest BCUT2D eigenvalue weighted by atomic mass is 32.1. The average Bonchev–Trinajstić information content (AvgIpc) is 3.09. The van der Waals surface area contributed by atoms with Crippen molar-refractivity contribution in [3.63, 3.8) is 0 Å². The Morgan fingerprint density at radius 1 is 1.41 bits per heavy atom. The van der Waals surface area contributed by atoms with Gasteiger partial charge in [0.15, 0.2) is 0 Å². The van der Waals surface area contributed by atoms with Crippen LogP contribution in [-0.4, -0.2) is 9.97 Å². The molecule has 0 bridgehead atoms. The van der Waals surface area contributed by atoms with Crippen LogP contribution in [0.1, 0.15) is 40.8 Å². The van der Waals surface area contributed by atoms with Crippen LogP contribution in [0.2, 0.25) is 0 Å². The highest BCUT2D eigenvalue weighted by Gasteiger charge is 2.27. The molecule has 0 spiro atoms. The first-order valence-corrected chi connectivity index (χ1v) is 6.53. The molecule has 2 aromatic rings. The molecule has 3 rings (SSSR count). The van der Waals surface area contributed by atoms with E-state index >= 15 is 0 Å². The van der Waals surface area contributed by atoms with Crippen molar-refractivity contribution in [2.24, 2.45) is 0 Å². The lowest BCUT2D eigenvalue weighted by Crippen LogP contribution is -2.01. The molecule has 0 atom stereocenters. The van der Waals surface area contributed by atoms with Crippen molar-refractivity contribution in [1.82, 2.24) is 9.97 Å². The average molecular weight is 241 g/mol. The summed E-state index contributed by atoms with van der Waals surface area (Å²) in [6.45, 7) is 0. The van der Waals surface area contributed by atoms with E-state index in [2.05, 4.69) is 27.5 Å². The largest absolute Gasteiger partial charge is 0.237 e. The highest BCUT2D eigenvalue weighted by Crippen LogP contribution is 2.38. The van der Waals surface area contributed by atoms with E-state index < -0.39 is 0 Å². The Bertz CT molecular complexity index is 565. The summed E-state index contributed by atoms with van der Waals surface area (Å²) in [6.07, 6.45) is 3.12. The number of nitrogens with zero attached hydrogens (tertiary/aromatic N) is 3. The van der Waals surface area contributed by atoms with E-state index in [4.69, 9.17) is 5.26 Å². The van der Waals surface area contributed by atoms with Crippen LogP contribution in [0, 0.1) is 11.3 Å². The van der Waals surface area contributed by atoms with Gasteiger partial charge in [0, 0.05) is 17.2 Å². The Labute approximate surface area is 104 Å². The second-order valence-electron chi connectivity index (χ2n) is 4.24. The fraction of sp³-hybridized carbons (Fsp3) is 0.308. The summed E-state index contributed by atoms with van der Waals surface area (Å²) in [5, 5.41) is 11.0. The minimum atomic E-state index is 0.491. The normalized spacial score (nSPS) is 14.5. The number of hydrogen-bond acceptors (Lipinski definition) is 4. The Morgan fingerprint density at radius 3 is 2.94 bits per heavy atom. The zero-order valence-electron chi connectivity index (χ0n) is 9.26. The molecule has 17 heavy (non-hydrogen) atoms. The zero-order chi connectivity index (χ0) is 11.7. The molecule has 0 saturated heterocycles. The summed E-state index contributed by atoms with van der Waals surface area (Å²) in [5.41, 5.74) is 1.45. The minimum Gasteiger partial charge on any atom is -0.237 e. The number of hydrogen-bond donors (Lipinski definition) is 0. The Balaban J connectivity index is 1.92. The number of rotatable bonds is 3. The Morgan fingerprint density at radius 2 is 2.29 bits per heavy atom. The molecule has 0 radical (unpaired) electrons. The third kappa shape index (κ3) is 2.34. The first-order chi connectivity index (χ1) is 8.35. The Hall–Kier alpha value is -1.73. The first kappa shape index (κ1) is 10.4. The lowest BCUT2D eigenvalue weighted by atomic mass is 10.2. The summed E-state index contributed by atoms with van der Waals surface area (Å²) in [6, 6.07) is 8.05. The third-order valence-corrected chi connectivity index (χ3v) is 3.67. The predicted octanol–water partition coefficient (Wildman–Crippen LogP) is 2.88. The van der Waals surface area contributed by atoms with Gasteiger partial charge in [-0.25, -0.2) is 9.97 Å². The van der Waals surface area contributed by atoms with Gasteiger partial charge in [-0.3, -0.25) is 0 Å². The van der Waals surface area contributed by atoms with Gasteiger partial charge < -0.3 is 0 Å². The van der Waals surface area contributed by atoms with E-state index in [9.17, 15) is 0 Å². The first-order valence-electron chi connectivity index (χ1n) is 5.65. The van der Waals surface area contributed by atoms with Gasteiger partial charge in [0.25, 0.3) is 0 Å². The van der Waals surface area contributed by atoms with E-state index in [1.54, 1.807) is 17.4 Å². The predicted molar refractivity (Wildman–Crippen MR) is 65.8 cm³/mol. The maximum absolute atomic E-state index is 8.98. The van der Waals surface area contributed by atoms with E-state index in [0.29, 0.717) is 11.6 Å². The molecule has 1 saturated carbocycles. The molecule has 1 fully saturated rings. The van der Waals surface area contributed by atoms with Crippen molar-refractivity contribution in [3.8, 4) is 6.07 Å². The molecule has 2 aromatic heterocycles. The van der Waals surface area contributed by atoms with Crippen molar-refractivity contribution in [1.29, 1.82) is 5.26 Å². The van der Waals surface area contributed by atoms with E-state index in [1.165, 1.54) is 4.88 Å². The molecule has 84 valence electrons. The number of thiophene rings is 1. The van der Waals surface area contributed by atoms with Crippen LogP contribution in [0.25, 0.3) is 0 Å². The maximum atomic E-state index is 8.98. The summed E-state index contributed by atoms with van der Waals surface area (Å²) in [5.74, 6) is 1.35. The van der Waals surface area contributed by atoms with E-state index in [1.807, 2.05) is 6.07 Å². The second kappa shape index (κ2) is 4.27. The van der Waals surface area contributed by atoms with Crippen LogP contribution >= 0.6 is 11.3 Å². The zero-order valence-corrected chi connectivity index (χ0v) is 10.1. The fourth-order valence-electron chi connectivity index (χ4n) is 1.78. The molecule has 0 unspecified atom stereocenters. The van der Waals surface area contributed by atoms with E-state index in [-0.39, 0.29) is 0 Å². The molecule has 0 aliphatic heterocycles.